The van der Waals surface area contributed by atoms with Crippen molar-refractivity contribution < 1.29 is 4.57 Å². The largest absolute Gasteiger partial charge is 0.408 e. The molecular formula is C27H46N5S+. The van der Waals surface area contributed by atoms with Crippen LogP contribution in [0, 0.1) is 13.8 Å². The maximum atomic E-state index is 5.67. The monoisotopic (exact) mass is 472 g/mol. The van der Waals surface area contributed by atoms with E-state index in [-0.39, 0.29) is 0 Å². The average Bonchev–Trinajstić information content (AvgIpc) is 3.10. The van der Waals surface area contributed by atoms with Crippen LogP contribution in [0.5, 0.6) is 0 Å². The zero-order valence-corrected chi connectivity index (χ0v) is 22.3. The minimum Gasteiger partial charge on any atom is -0.372 e. The molecular weight excluding hydrogens is 426 g/mol. The molecule has 1 aromatic carbocycles. The van der Waals surface area contributed by atoms with Gasteiger partial charge in [-0.3, -0.25) is 0 Å². The topological polar surface area (TPSA) is 57.9 Å². The normalized spacial score (nSPS) is 11.5. The maximum absolute atomic E-state index is 5.67. The Morgan fingerprint density at radius 3 is 2.03 bits per heavy atom. The Hall–Kier alpha value is -1.79. The van der Waals surface area contributed by atoms with Gasteiger partial charge in [-0.1, -0.05) is 52.4 Å². The van der Waals surface area contributed by atoms with Crippen molar-refractivity contribution in [2.75, 3.05) is 24.5 Å². The number of aromatic nitrogens is 1. The van der Waals surface area contributed by atoms with Gasteiger partial charge < -0.3 is 10.6 Å². The zero-order valence-electron chi connectivity index (χ0n) is 21.5. The predicted octanol–water partition coefficient (Wildman–Crippen LogP) is 7.77. The molecule has 6 heteroatoms. The maximum Gasteiger partial charge on any atom is 0.408 e. The van der Waals surface area contributed by atoms with Crippen molar-refractivity contribution in [2.45, 2.75) is 98.4 Å². The molecule has 0 spiro atoms. The molecule has 2 aromatic rings. The molecule has 184 valence electrons. The summed E-state index contributed by atoms with van der Waals surface area (Å²) in [4.78, 5) is 3.86. The van der Waals surface area contributed by atoms with E-state index in [2.05, 4.69) is 71.7 Å². The number of hydrogen-bond donors (Lipinski definition) is 1. The molecule has 0 fully saturated rings. The third kappa shape index (κ3) is 9.54. The van der Waals surface area contributed by atoms with Crippen molar-refractivity contribution in [1.82, 2.24) is 0 Å². The quantitative estimate of drug-likeness (QED) is 0.145. The first kappa shape index (κ1) is 27.5. The van der Waals surface area contributed by atoms with E-state index in [9.17, 15) is 0 Å². The minimum absolute atomic E-state index is 0.736. The van der Waals surface area contributed by atoms with E-state index in [1.165, 1.54) is 67.6 Å². The second kappa shape index (κ2) is 15.9. The van der Waals surface area contributed by atoms with Crippen LogP contribution in [-0.4, -0.2) is 19.6 Å². The van der Waals surface area contributed by atoms with Crippen LogP contribution >= 0.6 is 11.3 Å². The molecule has 0 aliphatic carbocycles. The molecule has 0 aliphatic heterocycles. The first-order chi connectivity index (χ1) is 16.1. The summed E-state index contributed by atoms with van der Waals surface area (Å²) in [6.07, 6.45) is 12.5. The van der Waals surface area contributed by atoms with Crippen molar-refractivity contribution in [3.05, 3.63) is 34.8 Å². The summed E-state index contributed by atoms with van der Waals surface area (Å²) >= 11 is 1.72. The Bertz CT molecular complexity index is 801. The highest BCUT2D eigenvalue weighted by atomic mass is 32.1. The van der Waals surface area contributed by atoms with Gasteiger partial charge in [-0.2, -0.15) is 0 Å². The van der Waals surface area contributed by atoms with E-state index in [1.807, 2.05) is 0 Å². The summed E-state index contributed by atoms with van der Waals surface area (Å²) in [6.45, 7) is 12.8. The Balaban J connectivity index is 2.05. The van der Waals surface area contributed by atoms with Crippen molar-refractivity contribution in [1.29, 1.82) is 0 Å². The van der Waals surface area contributed by atoms with Gasteiger partial charge in [0.1, 0.15) is 11.4 Å². The van der Waals surface area contributed by atoms with Crippen LogP contribution in [0.4, 0.5) is 16.5 Å². The zero-order chi connectivity index (χ0) is 23.9. The van der Waals surface area contributed by atoms with Crippen LogP contribution in [0.15, 0.2) is 34.5 Å². The van der Waals surface area contributed by atoms with Gasteiger partial charge in [0.15, 0.2) is 0 Å². The van der Waals surface area contributed by atoms with E-state index in [0.717, 1.165) is 49.8 Å². The second-order valence-electron chi connectivity index (χ2n) is 9.00. The number of aryl methyl sites for hydroxylation is 1. The van der Waals surface area contributed by atoms with Gasteiger partial charge in [-0.25, -0.2) is 4.57 Å². The number of rotatable bonds is 17. The van der Waals surface area contributed by atoms with Crippen LogP contribution in [0.1, 0.15) is 88.6 Å². The Morgan fingerprint density at radius 1 is 0.818 bits per heavy atom. The first-order valence-electron chi connectivity index (χ1n) is 13.1. The van der Waals surface area contributed by atoms with E-state index in [0.29, 0.717) is 0 Å². The van der Waals surface area contributed by atoms with Gasteiger partial charge >= 0.3 is 5.13 Å². The molecule has 0 saturated heterocycles. The van der Waals surface area contributed by atoms with Gasteiger partial charge in [-0.15, -0.1) is 0 Å². The molecule has 0 saturated carbocycles. The molecule has 0 unspecified atom stereocenters. The van der Waals surface area contributed by atoms with Crippen molar-refractivity contribution in [3.63, 3.8) is 0 Å². The number of anilines is 1. The van der Waals surface area contributed by atoms with Gasteiger partial charge in [0.25, 0.3) is 0 Å². The molecule has 0 atom stereocenters. The lowest BCUT2D eigenvalue weighted by Crippen LogP contribution is -2.35. The van der Waals surface area contributed by atoms with Crippen LogP contribution in [0.2, 0.25) is 0 Å². The number of nitrogens with zero attached hydrogens (tertiary/aromatic N) is 4. The average molecular weight is 473 g/mol. The van der Waals surface area contributed by atoms with Crippen LogP contribution in [-0.2, 0) is 6.54 Å². The number of benzene rings is 1. The van der Waals surface area contributed by atoms with Crippen LogP contribution < -0.4 is 15.2 Å². The molecule has 1 aromatic heterocycles. The van der Waals surface area contributed by atoms with Gasteiger partial charge in [-0.05, 0) is 86.8 Å². The fourth-order valence-corrected chi connectivity index (χ4v) is 4.96. The number of hydrogen-bond acceptors (Lipinski definition) is 5. The number of thiazole rings is 1. The molecule has 0 amide bonds. The van der Waals surface area contributed by atoms with E-state index in [1.54, 1.807) is 11.3 Å². The fourth-order valence-electron chi connectivity index (χ4n) is 4.01. The third-order valence-corrected chi connectivity index (χ3v) is 7.34. The molecule has 0 radical (unpaired) electrons. The predicted molar refractivity (Wildman–Crippen MR) is 143 cm³/mol. The smallest absolute Gasteiger partial charge is 0.372 e. The molecule has 33 heavy (non-hydrogen) atoms. The SMILES string of the molecule is CCCCCCN(CCCCCC)c1ccc(/N=N/c2sc(C)c(C)[n+]2CCCCN)cc1. The van der Waals surface area contributed by atoms with Crippen LogP contribution in [0.3, 0.4) is 0 Å². The lowest BCUT2D eigenvalue weighted by Gasteiger charge is -2.25. The van der Waals surface area contributed by atoms with Crippen molar-refractivity contribution >= 4 is 27.8 Å². The number of unbranched alkanes of at least 4 members (excludes halogenated alkanes) is 7. The van der Waals surface area contributed by atoms with E-state index < -0.39 is 0 Å². The molecule has 0 bridgehead atoms. The third-order valence-electron chi connectivity index (χ3n) is 6.25. The molecule has 5 nitrogen and oxygen atoms in total. The fraction of sp³-hybridized carbons (Fsp3) is 0.667. The minimum atomic E-state index is 0.736. The van der Waals surface area contributed by atoms with E-state index in [4.69, 9.17) is 5.73 Å². The van der Waals surface area contributed by atoms with Crippen molar-refractivity contribution in [2.24, 2.45) is 16.0 Å². The summed E-state index contributed by atoms with van der Waals surface area (Å²) in [5.74, 6) is 0. The summed E-state index contributed by atoms with van der Waals surface area (Å²) in [5.41, 5.74) is 9.17. The molecule has 0 aliphatic rings. The Kier molecular flexibility index (Phi) is 13.3. The number of azo groups is 1. The van der Waals surface area contributed by atoms with Crippen LogP contribution in [0.25, 0.3) is 0 Å². The highest BCUT2D eigenvalue weighted by Gasteiger charge is 2.19. The van der Waals surface area contributed by atoms with Gasteiger partial charge in [0, 0.05) is 18.8 Å². The number of nitrogens with two attached hydrogens (primary N) is 1. The standard InChI is InChI=1S/C27H46N5S/c1-5-7-9-12-20-31(21-13-10-8-6-2)26-17-15-25(16-18-26)29-30-27-32(22-14-11-19-28)23(3)24(4)33-27/h15-18H,5-14,19-22,28H2,1-4H3/q+1. The second-order valence-corrected chi connectivity index (χ2v) is 10.2. The first-order valence-corrected chi connectivity index (χ1v) is 13.9. The molecule has 1 heterocycles. The lowest BCUT2D eigenvalue weighted by molar-refractivity contribution is -0.686. The summed E-state index contributed by atoms with van der Waals surface area (Å²) in [7, 11) is 0. The molecule has 2 rings (SSSR count). The Morgan fingerprint density at radius 2 is 1.45 bits per heavy atom. The van der Waals surface area contributed by atoms with E-state index >= 15 is 0 Å². The molecule has 2 N–H and O–H groups in total. The summed E-state index contributed by atoms with van der Waals surface area (Å²) < 4.78 is 2.28. The summed E-state index contributed by atoms with van der Waals surface area (Å²) in [5, 5.41) is 10.1. The Labute approximate surface area is 206 Å². The van der Waals surface area contributed by atoms with Gasteiger partial charge in [0.2, 0.25) is 0 Å². The highest BCUT2D eigenvalue weighted by Crippen LogP contribution is 2.26. The highest BCUT2D eigenvalue weighted by molar-refractivity contribution is 7.14. The lowest BCUT2D eigenvalue weighted by atomic mass is 10.1. The van der Waals surface area contributed by atoms with Gasteiger partial charge in [0.05, 0.1) is 16.5 Å². The summed E-state index contributed by atoms with van der Waals surface area (Å²) in [6, 6.07) is 8.65. The van der Waals surface area contributed by atoms with Crippen molar-refractivity contribution in [3.8, 4) is 0 Å².